The number of benzene rings is 1. The Bertz CT molecular complexity index is 568. The molecule has 1 aromatic heterocycles. The smallest absolute Gasteiger partial charge is 0.168 e. The van der Waals surface area contributed by atoms with Crippen molar-refractivity contribution in [2.45, 2.75) is 44.6 Å². The van der Waals surface area contributed by atoms with Crippen LogP contribution in [0.15, 0.2) is 24.3 Å². The number of para-hydroxylation sites is 1. The minimum atomic E-state index is -0.803. The molecule has 3 rings (SSSR count). The number of thiazole rings is 1. The van der Waals surface area contributed by atoms with E-state index in [0.29, 0.717) is 0 Å². The molecule has 3 nitrogen and oxygen atoms in total. The third-order valence-corrected chi connectivity index (χ3v) is 5.13. The monoisotopic (exact) mass is 289 g/mol. The van der Waals surface area contributed by atoms with Gasteiger partial charge in [-0.1, -0.05) is 31.4 Å². The van der Waals surface area contributed by atoms with Gasteiger partial charge < -0.3 is 5.11 Å². The molecule has 106 valence electrons. The number of rotatable bonds is 4. The van der Waals surface area contributed by atoms with Crippen molar-refractivity contribution >= 4 is 27.3 Å². The minimum Gasteiger partial charge on any atom is -0.385 e. The molecule has 0 spiro atoms. The Labute approximate surface area is 122 Å². The summed E-state index contributed by atoms with van der Waals surface area (Å²) in [4.78, 5) is 16.7. The van der Waals surface area contributed by atoms with Gasteiger partial charge in [0.05, 0.1) is 16.6 Å². The Morgan fingerprint density at radius 1 is 1.30 bits per heavy atom. The molecule has 1 saturated carbocycles. The van der Waals surface area contributed by atoms with E-state index in [9.17, 15) is 9.90 Å². The molecule has 0 saturated heterocycles. The van der Waals surface area contributed by atoms with E-state index < -0.39 is 6.10 Å². The van der Waals surface area contributed by atoms with E-state index in [1.807, 2.05) is 24.3 Å². The average molecular weight is 289 g/mol. The number of carbonyl (C=O) groups is 1. The number of fused-ring (bicyclic) bond motifs is 1. The average Bonchev–Trinajstić information content (AvgIpc) is 2.89. The van der Waals surface area contributed by atoms with Crippen LogP contribution in [0, 0.1) is 5.92 Å². The molecule has 0 amide bonds. The van der Waals surface area contributed by atoms with Crippen LogP contribution in [0.3, 0.4) is 0 Å². The Morgan fingerprint density at radius 2 is 2.05 bits per heavy atom. The lowest BCUT2D eigenvalue weighted by Gasteiger charge is -2.25. The molecule has 1 atom stereocenters. The first-order valence-electron chi connectivity index (χ1n) is 7.29. The molecule has 0 radical (unpaired) electrons. The molecule has 1 aliphatic carbocycles. The molecule has 0 aliphatic heterocycles. The molecule has 1 N–H and O–H groups in total. The van der Waals surface area contributed by atoms with Crippen molar-refractivity contribution in [1.29, 1.82) is 0 Å². The second kappa shape index (κ2) is 6.02. The fourth-order valence-corrected chi connectivity index (χ4v) is 3.94. The number of carbonyl (C=O) groups excluding carboxylic acids is 1. The van der Waals surface area contributed by atoms with Crippen LogP contribution in [0.5, 0.6) is 0 Å². The molecule has 20 heavy (non-hydrogen) atoms. The standard InChI is InChI=1S/C16H19NO2S/c18-13(16(19)11-6-2-1-3-7-11)10-15-17-12-8-4-5-9-14(12)20-15/h4-5,8-9,11,16,19H,1-3,6-7,10H2. The third kappa shape index (κ3) is 2.91. The molecule has 4 heteroatoms. The maximum absolute atomic E-state index is 12.2. The first kappa shape index (κ1) is 13.7. The predicted octanol–water partition coefficient (Wildman–Crippen LogP) is 3.35. The van der Waals surface area contributed by atoms with Crippen LogP contribution >= 0.6 is 11.3 Å². The Hall–Kier alpha value is -1.26. The van der Waals surface area contributed by atoms with Crippen molar-refractivity contribution in [1.82, 2.24) is 4.98 Å². The van der Waals surface area contributed by atoms with E-state index in [0.717, 1.165) is 40.9 Å². The highest BCUT2D eigenvalue weighted by Crippen LogP contribution is 2.28. The predicted molar refractivity (Wildman–Crippen MR) is 80.9 cm³/mol. The number of hydrogen-bond acceptors (Lipinski definition) is 4. The summed E-state index contributed by atoms with van der Waals surface area (Å²) >= 11 is 1.55. The Balaban J connectivity index is 1.68. The van der Waals surface area contributed by atoms with Crippen LogP contribution in [0.2, 0.25) is 0 Å². The third-order valence-electron chi connectivity index (χ3n) is 4.09. The molecule has 0 bridgehead atoms. The highest BCUT2D eigenvalue weighted by atomic mass is 32.1. The summed E-state index contributed by atoms with van der Waals surface area (Å²) in [5.74, 6) is 0.0848. The fraction of sp³-hybridized carbons (Fsp3) is 0.500. The van der Waals surface area contributed by atoms with Gasteiger partial charge in [0.15, 0.2) is 5.78 Å². The van der Waals surface area contributed by atoms with Gasteiger partial charge in [0.25, 0.3) is 0 Å². The molecule has 1 aromatic carbocycles. The van der Waals surface area contributed by atoms with Crippen LogP contribution in [0.1, 0.15) is 37.1 Å². The van der Waals surface area contributed by atoms with Gasteiger partial charge in [0.1, 0.15) is 11.1 Å². The number of ketones is 1. The Kier molecular flexibility index (Phi) is 4.13. The number of hydrogen-bond donors (Lipinski definition) is 1. The van der Waals surface area contributed by atoms with Gasteiger partial charge in [-0.25, -0.2) is 4.98 Å². The number of aliphatic hydroxyl groups excluding tert-OH is 1. The maximum atomic E-state index is 12.2. The molecule has 1 unspecified atom stereocenters. The van der Waals surface area contributed by atoms with Crippen LogP contribution in [0.25, 0.3) is 10.2 Å². The summed E-state index contributed by atoms with van der Waals surface area (Å²) in [6.45, 7) is 0. The van der Waals surface area contributed by atoms with E-state index in [-0.39, 0.29) is 18.1 Å². The quantitative estimate of drug-likeness (QED) is 0.939. The van der Waals surface area contributed by atoms with Crippen molar-refractivity contribution < 1.29 is 9.90 Å². The van der Waals surface area contributed by atoms with Gasteiger partial charge >= 0.3 is 0 Å². The van der Waals surface area contributed by atoms with Gasteiger partial charge in [-0.15, -0.1) is 11.3 Å². The summed E-state index contributed by atoms with van der Waals surface area (Å²) in [5.41, 5.74) is 0.937. The molecule has 1 aliphatic rings. The second-order valence-electron chi connectivity index (χ2n) is 5.56. The Morgan fingerprint density at radius 3 is 2.80 bits per heavy atom. The molecular weight excluding hydrogens is 270 g/mol. The normalized spacial score (nSPS) is 18.2. The zero-order chi connectivity index (χ0) is 13.9. The maximum Gasteiger partial charge on any atom is 0.168 e. The second-order valence-corrected chi connectivity index (χ2v) is 6.68. The van der Waals surface area contributed by atoms with Crippen molar-refractivity contribution in [3.63, 3.8) is 0 Å². The zero-order valence-corrected chi connectivity index (χ0v) is 12.2. The molecule has 2 aromatic rings. The van der Waals surface area contributed by atoms with Crippen molar-refractivity contribution in [3.05, 3.63) is 29.3 Å². The highest BCUT2D eigenvalue weighted by Gasteiger charge is 2.27. The van der Waals surface area contributed by atoms with E-state index in [4.69, 9.17) is 0 Å². The van der Waals surface area contributed by atoms with Crippen LogP contribution in [0.4, 0.5) is 0 Å². The largest absolute Gasteiger partial charge is 0.385 e. The van der Waals surface area contributed by atoms with Gasteiger partial charge in [-0.05, 0) is 30.9 Å². The highest BCUT2D eigenvalue weighted by molar-refractivity contribution is 7.18. The molecular formula is C16H19NO2S. The van der Waals surface area contributed by atoms with Gasteiger partial charge in [-0.3, -0.25) is 4.79 Å². The van der Waals surface area contributed by atoms with Gasteiger partial charge in [-0.2, -0.15) is 0 Å². The molecule has 1 heterocycles. The topological polar surface area (TPSA) is 50.2 Å². The van der Waals surface area contributed by atoms with E-state index in [1.54, 1.807) is 11.3 Å². The summed E-state index contributed by atoms with van der Waals surface area (Å²) in [5, 5.41) is 11.0. The van der Waals surface area contributed by atoms with Crippen LogP contribution in [-0.2, 0) is 11.2 Å². The van der Waals surface area contributed by atoms with Crippen LogP contribution in [-0.4, -0.2) is 22.0 Å². The summed E-state index contributed by atoms with van der Waals surface area (Å²) in [6, 6.07) is 7.89. The summed E-state index contributed by atoms with van der Waals surface area (Å²) < 4.78 is 1.10. The van der Waals surface area contributed by atoms with Crippen molar-refractivity contribution in [3.8, 4) is 0 Å². The first-order chi connectivity index (χ1) is 9.74. The minimum absolute atomic E-state index is 0.0732. The first-order valence-corrected chi connectivity index (χ1v) is 8.11. The van der Waals surface area contributed by atoms with Crippen molar-refractivity contribution in [2.24, 2.45) is 5.92 Å². The zero-order valence-electron chi connectivity index (χ0n) is 11.4. The van der Waals surface area contributed by atoms with Gasteiger partial charge in [0, 0.05) is 0 Å². The lowest BCUT2D eigenvalue weighted by molar-refractivity contribution is -0.129. The summed E-state index contributed by atoms with van der Waals surface area (Å²) in [7, 11) is 0. The molecule has 1 fully saturated rings. The van der Waals surface area contributed by atoms with E-state index in [1.165, 1.54) is 6.42 Å². The lowest BCUT2D eigenvalue weighted by Crippen LogP contribution is -2.32. The fourth-order valence-electron chi connectivity index (χ4n) is 2.96. The van der Waals surface area contributed by atoms with E-state index >= 15 is 0 Å². The van der Waals surface area contributed by atoms with Gasteiger partial charge in [0.2, 0.25) is 0 Å². The summed E-state index contributed by atoms with van der Waals surface area (Å²) in [6.07, 6.45) is 4.92. The number of Topliss-reactive ketones (excluding diaryl/α,β-unsaturated/α-hetero) is 1. The number of aromatic nitrogens is 1. The lowest BCUT2D eigenvalue weighted by atomic mass is 9.83. The number of nitrogens with zero attached hydrogens (tertiary/aromatic N) is 1. The van der Waals surface area contributed by atoms with Crippen LogP contribution < -0.4 is 0 Å². The SMILES string of the molecule is O=C(Cc1nc2ccccc2s1)C(O)C1CCCCC1. The van der Waals surface area contributed by atoms with Crippen molar-refractivity contribution in [2.75, 3.05) is 0 Å². The number of aliphatic hydroxyl groups is 1. The van der Waals surface area contributed by atoms with E-state index in [2.05, 4.69) is 4.98 Å².